The molecule has 1 amide bonds. The molecule has 1 aromatic heterocycles. The number of aliphatic carboxylic acids is 1. The second kappa shape index (κ2) is 7.93. The molecule has 146 valence electrons. The first-order valence-electron chi connectivity index (χ1n) is 8.12. The lowest BCUT2D eigenvalue weighted by atomic mass is 10.0. The van der Waals surface area contributed by atoms with Gasteiger partial charge in [0.15, 0.2) is 5.76 Å². The number of nitrogens with zero attached hydrogens (tertiary/aromatic N) is 2. The van der Waals surface area contributed by atoms with Crippen molar-refractivity contribution in [2.24, 2.45) is 0 Å². The molecule has 0 bridgehead atoms. The van der Waals surface area contributed by atoms with Crippen molar-refractivity contribution in [2.75, 3.05) is 21.1 Å². The minimum absolute atomic E-state index is 0.0652. The summed E-state index contributed by atoms with van der Waals surface area (Å²) in [6.45, 7) is 1.44. The molecule has 27 heavy (non-hydrogen) atoms. The summed E-state index contributed by atoms with van der Waals surface area (Å²) >= 11 is 0. The molecule has 2 rings (SSSR count). The lowest BCUT2D eigenvalue weighted by molar-refractivity contribution is -0.141. The zero-order valence-electron chi connectivity index (χ0n) is 15.5. The summed E-state index contributed by atoms with van der Waals surface area (Å²) in [6, 6.07) is 8.92. The minimum Gasteiger partial charge on any atom is -0.480 e. The van der Waals surface area contributed by atoms with Crippen molar-refractivity contribution in [3.8, 4) is 0 Å². The molecule has 0 aliphatic heterocycles. The SMILES string of the molecule is Cc1oc(C(=O)N(C)C(Cc2ccccc2)C(=O)O)cc1S(=O)(=O)N(C)C. The van der Waals surface area contributed by atoms with Crippen LogP contribution in [-0.4, -0.2) is 61.8 Å². The van der Waals surface area contributed by atoms with E-state index in [4.69, 9.17) is 4.42 Å². The molecule has 1 aromatic carbocycles. The molecule has 0 aliphatic carbocycles. The second-order valence-corrected chi connectivity index (χ2v) is 8.40. The number of likely N-dealkylation sites (N-methyl/N-ethyl adjacent to an activating group) is 1. The van der Waals surface area contributed by atoms with Crippen molar-refractivity contribution >= 4 is 21.9 Å². The zero-order valence-corrected chi connectivity index (χ0v) is 16.4. The molecule has 1 N–H and O–H groups in total. The number of aryl methyl sites for hydroxylation is 1. The largest absolute Gasteiger partial charge is 0.480 e. The summed E-state index contributed by atoms with van der Waals surface area (Å²) in [4.78, 5) is 25.3. The van der Waals surface area contributed by atoms with E-state index in [0.29, 0.717) is 0 Å². The molecule has 1 heterocycles. The van der Waals surface area contributed by atoms with E-state index in [9.17, 15) is 23.1 Å². The van der Waals surface area contributed by atoms with Crippen LogP contribution in [0.15, 0.2) is 45.7 Å². The van der Waals surface area contributed by atoms with Crippen LogP contribution in [0.5, 0.6) is 0 Å². The van der Waals surface area contributed by atoms with Gasteiger partial charge in [0, 0.05) is 33.6 Å². The topological polar surface area (TPSA) is 108 Å². The Balaban J connectivity index is 2.31. The lowest BCUT2D eigenvalue weighted by Gasteiger charge is -2.24. The van der Waals surface area contributed by atoms with Crippen LogP contribution in [0.25, 0.3) is 0 Å². The Hall–Kier alpha value is -2.65. The van der Waals surface area contributed by atoms with E-state index in [1.165, 1.54) is 28.1 Å². The van der Waals surface area contributed by atoms with Gasteiger partial charge in [0.25, 0.3) is 5.91 Å². The van der Waals surface area contributed by atoms with Crippen molar-refractivity contribution < 1.29 is 27.5 Å². The van der Waals surface area contributed by atoms with Crippen molar-refractivity contribution in [2.45, 2.75) is 24.3 Å². The van der Waals surface area contributed by atoms with Gasteiger partial charge in [-0.3, -0.25) is 4.79 Å². The van der Waals surface area contributed by atoms with E-state index in [-0.39, 0.29) is 22.8 Å². The summed E-state index contributed by atoms with van der Waals surface area (Å²) in [7, 11) is 0.312. The molecular formula is C18H22N2O6S. The van der Waals surface area contributed by atoms with Gasteiger partial charge in [-0.05, 0) is 12.5 Å². The van der Waals surface area contributed by atoms with Gasteiger partial charge in [0.05, 0.1) is 0 Å². The van der Waals surface area contributed by atoms with Crippen LogP contribution in [0.4, 0.5) is 0 Å². The number of benzene rings is 1. The lowest BCUT2D eigenvalue weighted by Crippen LogP contribution is -2.43. The highest BCUT2D eigenvalue weighted by atomic mass is 32.2. The maximum absolute atomic E-state index is 12.7. The predicted molar refractivity (Wildman–Crippen MR) is 98.0 cm³/mol. The molecule has 1 unspecified atom stereocenters. The summed E-state index contributed by atoms with van der Waals surface area (Å²) in [5, 5.41) is 9.54. The van der Waals surface area contributed by atoms with Crippen LogP contribution in [0, 0.1) is 6.92 Å². The normalized spacial score (nSPS) is 12.8. The third-order valence-electron chi connectivity index (χ3n) is 4.19. The third kappa shape index (κ3) is 4.37. The highest BCUT2D eigenvalue weighted by molar-refractivity contribution is 7.89. The highest BCUT2D eigenvalue weighted by Gasteiger charge is 2.32. The van der Waals surface area contributed by atoms with Gasteiger partial charge in [-0.25, -0.2) is 17.5 Å². The fourth-order valence-electron chi connectivity index (χ4n) is 2.57. The van der Waals surface area contributed by atoms with E-state index in [1.54, 1.807) is 24.3 Å². The van der Waals surface area contributed by atoms with Gasteiger partial charge < -0.3 is 14.4 Å². The standard InChI is InChI=1S/C18H22N2O6S/c1-12-16(27(24,25)19(2)3)11-15(26-12)17(21)20(4)14(18(22)23)10-13-8-6-5-7-9-13/h5-9,11,14H,10H2,1-4H3,(H,22,23). The molecular weight excluding hydrogens is 372 g/mol. The zero-order chi connectivity index (χ0) is 20.4. The first-order valence-corrected chi connectivity index (χ1v) is 9.56. The number of carboxylic acid groups (broad SMARTS) is 1. The van der Waals surface area contributed by atoms with Crippen LogP contribution >= 0.6 is 0 Å². The number of hydrogen-bond acceptors (Lipinski definition) is 5. The minimum atomic E-state index is -3.78. The number of sulfonamides is 1. The smallest absolute Gasteiger partial charge is 0.326 e. The van der Waals surface area contributed by atoms with E-state index in [0.717, 1.165) is 20.8 Å². The predicted octanol–water partition coefficient (Wildman–Crippen LogP) is 1.61. The van der Waals surface area contributed by atoms with Crippen LogP contribution in [0.1, 0.15) is 21.9 Å². The number of carbonyl (C=O) groups is 2. The van der Waals surface area contributed by atoms with Gasteiger partial charge >= 0.3 is 5.97 Å². The van der Waals surface area contributed by atoms with E-state index >= 15 is 0 Å². The van der Waals surface area contributed by atoms with Gasteiger partial charge in [-0.1, -0.05) is 30.3 Å². The molecule has 0 saturated carbocycles. The first-order chi connectivity index (χ1) is 12.6. The fraction of sp³-hybridized carbons (Fsp3) is 0.333. The Morgan fingerprint density at radius 2 is 1.74 bits per heavy atom. The monoisotopic (exact) mass is 394 g/mol. The second-order valence-electron chi connectivity index (χ2n) is 6.28. The molecule has 0 fully saturated rings. The highest BCUT2D eigenvalue weighted by Crippen LogP contribution is 2.24. The van der Waals surface area contributed by atoms with Crippen molar-refractivity contribution in [1.29, 1.82) is 0 Å². The molecule has 0 spiro atoms. The molecule has 1 atom stereocenters. The Morgan fingerprint density at radius 1 is 1.15 bits per heavy atom. The van der Waals surface area contributed by atoms with Crippen molar-refractivity contribution in [3.05, 3.63) is 53.5 Å². The van der Waals surface area contributed by atoms with Gasteiger partial charge in [-0.15, -0.1) is 0 Å². The van der Waals surface area contributed by atoms with E-state index in [1.807, 2.05) is 6.07 Å². The Kier molecular flexibility index (Phi) is 6.07. The Morgan fingerprint density at radius 3 is 2.26 bits per heavy atom. The number of carbonyl (C=O) groups excluding carboxylic acids is 1. The van der Waals surface area contributed by atoms with Crippen LogP contribution in [-0.2, 0) is 21.2 Å². The van der Waals surface area contributed by atoms with Gasteiger partial charge in [0.1, 0.15) is 16.7 Å². The van der Waals surface area contributed by atoms with E-state index < -0.39 is 27.9 Å². The van der Waals surface area contributed by atoms with Crippen LogP contribution in [0.3, 0.4) is 0 Å². The van der Waals surface area contributed by atoms with E-state index in [2.05, 4.69) is 0 Å². The Bertz CT molecular complexity index is 934. The number of carboxylic acids is 1. The molecule has 0 radical (unpaired) electrons. The summed E-state index contributed by atoms with van der Waals surface area (Å²) < 4.78 is 30.9. The maximum Gasteiger partial charge on any atom is 0.326 e. The molecule has 9 heteroatoms. The third-order valence-corrected chi connectivity index (χ3v) is 6.11. The number of amides is 1. The first kappa shape index (κ1) is 20.7. The average Bonchev–Trinajstić information content (AvgIpc) is 3.01. The Labute approximate surface area is 158 Å². The molecule has 2 aromatic rings. The summed E-state index contributed by atoms with van der Waals surface area (Å²) in [5.41, 5.74) is 0.760. The number of hydrogen-bond donors (Lipinski definition) is 1. The number of rotatable bonds is 7. The quantitative estimate of drug-likeness (QED) is 0.764. The van der Waals surface area contributed by atoms with Gasteiger partial charge in [-0.2, -0.15) is 0 Å². The van der Waals surface area contributed by atoms with Crippen molar-refractivity contribution in [3.63, 3.8) is 0 Å². The van der Waals surface area contributed by atoms with Crippen LogP contribution < -0.4 is 0 Å². The van der Waals surface area contributed by atoms with Crippen molar-refractivity contribution in [1.82, 2.24) is 9.21 Å². The summed E-state index contributed by atoms with van der Waals surface area (Å²) in [5.74, 6) is -2.04. The number of furan rings is 1. The maximum atomic E-state index is 12.7. The summed E-state index contributed by atoms with van der Waals surface area (Å²) in [6.07, 6.45) is 0.112. The molecule has 0 aliphatic rings. The molecule has 0 saturated heterocycles. The van der Waals surface area contributed by atoms with Gasteiger partial charge in [0.2, 0.25) is 10.0 Å². The average molecular weight is 394 g/mol. The van der Waals surface area contributed by atoms with Crippen LogP contribution in [0.2, 0.25) is 0 Å². The molecule has 8 nitrogen and oxygen atoms in total. The fourth-order valence-corrected chi connectivity index (χ4v) is 3.62.